The molecule has 0 N–H and O–H groups in total. The fourth-order valence-electron chi connectivity index (χ4n) is 2.58. The molecule has 0 unspecified atom stereocenters. The van der Waals surface area contributed by atoms with Crippen molar-refractivity contribution < 1.29 is 14.3 Å². The van der Waals surface area contributed by atoms with Gasteiger partial charge in [0.05, 0.1) is 6.42 Å². The number of anilines is 1. The molecule has 2 aromatic carbocycles. The summed E-state index contributed by atoms with van der Waals surface area (Å²) in [5, 5.41) is 0.548. The maximum absolute atomic E-state index is 12.0. The summed E-state index contributed by atoms with van der Waals surface area (Å²) < 4.78 is 5.32. The number of ether oxygens (including phenoxy) is 1. The van der Waals surface area contributed by atoms with Gasteiger partial charge in [0, 0.05) is 23.7 Å². The first-order valence-corrected chi connectivity index (χ1v) is 7.86. The van der Waals surface area contributed by atoms with Crippen LogP contribution in [0.4, 0.5) is 5.69 Å². The smallest absolute Gasteiger partial charge is 0.315 e. The van der Waals surface area contributed by atoms with Crippen LogP contribution in [0.2, 0.25) is 5.02 Å². The van der Waals surface area contributed by atoms with Crippen LogP contribution in [-0.4, -0.2) is 18.4 Å². The van der Waals surface area contributed by atoms with E-state index in [1.54, 1.807) is 41.3 Å². The van der Waals surface area contributed by atoms with Crippen molar-refractivity contribution >= 4 is 29.2 Å². The van der Waals surface area contributed by atoms with Crippen molar-refractivity contribution in [1.29, 1.82) is 0 Å². The number of nitrogens with zero attached hydrogens (tertiary/aromatic N) is 1. The van der Waals surface area contributed by atoms with Crippen molar-refractivity contribution in [3.05, 3.63) is 59.1 Å². The summed E-state index contributed by atoms with van der Waals surface area (Å²) in [6.45, 7) is 0.741. The highest BCUT2D eigenvalue weighted by Crippen LogP contribution is 2.24. The van der Waals surface area contributed by atoms with Crippen molar-refractivity contribution in [1.82, 2.24) is 0 Å². The van der Waals surface area contributed by atoms with Crippen LogP contribution in [0.1, 0.15) is 18.4 Å². The lowest BCUT2D eigenvalue weighted by molar-refractivity contribution is -0.133. The van der Waals surface area contributed by atoms with Gasteiger partial charge >= 0.3 is 5.97 Å². The van der Waals surface area contributed by atoms with Gasteiger partial charge in [-0.2, -0.15) is 0 Å². The standard InChI is InChI=1S/C18H16ClNO3/c19-16-5-2-1-4-13(16)12-18(22)23-15-9-7-14(8-10-15)20-11-3-6-17(20)21/h1-2,4-5,7-10H,3,6,11-12H2. The Balaban J connectivity index is 1.63. The highest BCUT2D eigenvalue weighted by atomic mass is 35.5. The molecule has 1 aliphatic heterocycles. The number of amides is 1. The molecule has 2 aromatic rings. The molecule has 0 bridgehead atoms. The van der Waals surface area contributed by atoms with Gasteiger partial charge in [0.1, 0.15) is 5.75 Å². The summed E-state index contributed by atoms with van der Waals surface area (Å²) >= 11 is 6.03. The molecule has 0 radical (unpaired) electrons. The molecule has 1 heterocycles. The number of carbonyl (C=O) groups excluding carboxylic acids is 2. The molecule has 1 fully saturated rings. The summed E-state index contributed by atoms with van der Waals surface area (Å²) in [4.78, 5) is 25.4. The van der Waals surface area contributed by atoms with Crippen molar-refractivity contribution in [2.24, 2.45) is 0 Å². The van der Waals surface area contributed by atoms with Crippen LogP contribution in [0, 0.1) is 0 Å². The zero-order chi connectivity index (χ0) is 16.2. The molecule has 0 aliphatic carbocycles. The molecule has 3 rings (SSSR count). The molecule has 0 aromatic heterocycles. The summed E-state index contributed by atoms with van der Waals surface area (Å²) in [6, 6.07) is 14.2. The van der Waals surface area contributed by atoms with Crippen molar-refractivity contribution in [3.63, 3.8) is 0 Å². The summed E-state index contributed by atoms with van der Waals surface area (Å²) in [6.07, 6.45) is 1.59. The lowest BCUT2D eigenvalue weighted by atomic mass is 10.1. The topological polar surface area (TPSA) is 46.6 Å². The maximum atomic E-state index is 12.0. The fourth-order valence-corrected chi connectivity index (χ4v) is 2.78. The number of halogens is 1. The molecule has 0 saturated carbocycles. The molecule has 4 nitrogen and oxygen atoms in total. The third-order valence-corrected chi connectivity index (χ3v) is 4.11. The van der Waals surface area contributed by atoms with Gasteiger partial charge in [-0.3, -0.25) is 9.59 Å². The Morgan fingerprint density at radius 1 is 1.13 bits per heavy atom. The molecule has 118 valence electrons. The van der Waals surface area contributed by atoms with Crippen LogP contribution in [0.5, 0.6) is 5.75 Å². The van der Waals surface area contributed by atoms with Gasteiger partial charge in [-0.1, -0.05) is 29.8 Å². The maximum Gasteiger partial charge on any atom is 0.315 e. The number of rotatable bonds is 4. The van der Waals surface area contributed by atoms with Crippen molar-refractivity contribution in [2.75, 3.05) is 11.4 Å². The average molecular weight is 330 g/mol. The second-order valence-electron chi connectivity index (χ2n) is 5.39. The molecule has 0 atom stereocenters. The quantitative estimate of drug-likeness (QED) is 0.636. The molecule has 1 aliphatic rings. The zero-order valence-electron chi connectivity index (χ0n) is 12.5. The molecular formula is C18H16ClNO3. The Morgan fingerprint density at radius 3 is 2.52 bits per heavy atom. The number of benzene rings is 2. The van der Waals surface area contributed by atoms with Gasteiger partial charge < -0.3 is 9.64 Å². The van der Waals surface area contributed by atoms with Gasteiger partial charge in [-0.05, 0) is 42.3 Å². The third kappa shape index (κ3) is 3.71. The monoisotopic (exact) mass is 329 g/mol. The van der Waals surface area contributed by atoms with Gasteiger partial charge in [0.2, 0.25) is 5.91 Å². The first kappa shape index (κ1) is 15.6. The molecule has 23 heavy (non-hydrogen) atoms. The minimum absolute atomic E-state index is 0.117. The Kier molecular flexibility index (Phi) is 4.63. The fraction of sp³-hybridized carbons (Fsp3) is 0.222. The van der Waals surface area contributed by atoms with Crippen LogP contribution < -0.4 is 9.64 Å². The normalized spacial score (nSPS) is 14.1. The van der Waals surface area contributed by atoms with Crippen LogP contribution in [0.15, 0.2) is 48.5 Å². The summed E-state index contributed by atoms with van der Waals surface area (Å²) in [5.41, 5.74) is 1.57. The number of hydrogen-bond acceptors (Lipinski definition) is 3. The SMILES string of the molecule is O=C(Cc1ccccc1Cl)Oc1ccc(N2CCCC2=O)cc1. The molecular weight excluding hydrogens is 314 g/mol. The van der Waals surface area contributed by atoms with E-state index in [2.05, 4.69) is 0 Å². The predicted molar refractivity (Wildman–Crippen MR) is 88.8 cm³/mol. The number of carbonyl (C=O) groups is 2. The Morgan fingerprint density at radius 2 is 1.87 bits per heavy atom. The van der Waals surface area contributed by atoms with Gasteiger partial charge in [0.15, 0.2) is 0 Å². The summed E-state index contributed by atoms with van der Waals surface area (Å²) in [5.74, 6) is 0.217. The Hall–Kier alpha value is -2.33. The van der Waals surface area contributed by atoms with Crippen LogP contribution in [0.3, 0.4) is 0 Å². The van der Waals surface area contributed by atoms with Gasteiger partial charge in [-0.15, -0.1) is 0 Å². The molecule has 1 saturated heterocycles. The van der Waals surface area contributed by atoms with E-state index in [1.165, 1.54) is 0 Å². The number of esters is 1. The van der Waals surface area contributed by atoms with E-state index in [1.807, 2.05) is 12.1 Å². The molecule has 1 amide bonds. The van der Waals surface area contributed by atoms with Crippen molar-refractivity contribution in [2.45, 2.75) is 19.3 Å². The van der Waals surface area contributed by atoms with E-state index in [9.17, 15) is 9.59 Å². The predicted octanol–water partition coefficient (Wildman–Crippen LogP) is 3.61. The molecule has 0 spiro atoms. The lowest BCUT2D eigenvalue weighted by Gasteiger charge is -2.15. The first-order valence-electron chi connectivity index (χ1n) is 7.48. The zero-order valence-corrected chi connectivity index (χ0v) is 13.3. The average Bonchev–Trinajstić information content (AvgIpc) is 2.96. The van der Waals surface area contributed by atoms with E-state index in [0.29, 0.717) is 17.2 Å². The van der Waals surface area contributed by atoms with E-state index in [-0.39, 0.29) is 18.3 Å². The second kappa shape index (κ2) is 6.84. The van der Waals surface area contributed by atoms with Crippen LogP contribution >= 0.6 is 11.6 Å². The van der Waals surface area contributed by atoms with Crippen LogP contribution in [0.25, 0.3) is 0 Å². The Bertz CT molecular complexity index is 727. The minimum Gasteiger partial charge on any atom is -0.426 e. The first-order chi connectivity index (χ1) is 11.1. The lowest BCUT2D eigenvalue weighted by Crippen LogP contribution is -2.23. The largest absolute Gasteiger partial charge is 0.426 e. The summed E-state index contributed by atoms with van der Waals surface area (Å²) in [7, 11) is 0. The second-order valence-corrected chi connectivity index (χ2v) is 5.79. The van der Waals surface area contributed by atoms with Crippen LogP contribution in [-0.2, 0) is 16.0 Å². The van der Waals surface area contributed by atoms with E-state index in [0.717, 1.165) is 24.2 Å². The van der Waals surface area contributed by atoms with Gasteiger partial charge in [-0.25, -0.2) is 0 Å². The van der Waals surface area contributed by atoms with Gasteiger partial charge in [0.25, 0.3) is 0 Å². The highest BCUT2D eigenvalue weighted by Gasteiger charge is 2.21. The number of hydrogen-bond donors (Lipinski definition) is 0. The van der Waals surface area contributed by atoms with Crippen molar-refractivity contribution in [3.8, 4) is 5.75 Å². The molecule has 5 heteroatoms. The third-order valence-electron chi connectivity index (χ3n) is 3.75. The minimum atomic E-state index is -0.372. The van der Waals surface area contributed by atoms with E-state index in [4.69, 9.17) is 16.3 Å². The Labute approximate surface area is 139 Å². The van der Waals surface area contributed by atoms with E-state index < -0.39 is 0 Å². The highest BCUT2D eigenvalue weighted by molar-refractivity contribution is 6.31. The van der Waals surface area contributed by atoms with E-state index >= 15 is 0 Å².